The molecule has 1 N–H and O–H groups in total. The van der Waals surface area contributed by atoms with Crippen molar-refractivity contribution in [1.29, 1.82) is 0 Å². The third kappa shape index (κ3) is 2.21. The molecule has 2 aliphatic carbocycles. The molecule has 3 atom stereocenters. The molecule has 1 saturated carbocycles. The van der Waals surface area contributed by atoms with Crippen LogP contribution < -0.4 is 5.32 Å². The zero-order chi connectivity index (χ0) is 12.7. The second kappa shape index (κ2) is 4.71. The second-order valence-electron chi connectivity index (χ2n) is 5.00. The van der Waals surface area contributed by atoms with Gasteiger partial charge < -0.3 is 5.32 Å². The standard InChI is InChI=1S/C14H13BrClNO/c15-12-7-10(16)3-4-13(12)17-14(18)11-6-8-1-2-9(11)5-8/h1-4,7-9,11H,5-6H2,(H,17,18). The lowest BCUT2D eigenvalue weighted by atomic mass is 9.93. The van der Waals surface area contributed by atoms with Crippen molar-refractivity contribution in [3.63, 3.8) is 0 Å². The molecule has 0 spiro atoms. The lowest BCUT2D eigenvalue weighted by molar-refractivity contribution is -0.120. The highest BCUT2D eigenvalue weighted by atomic mass is 79.9. The summed E-state index contributed by atoms with van der Waals surface area (Å²) in [5, 5.41) is 3.64. The normalized spacial score (nSPS) is 28.7. The number of nitrogens with one attached hydrogen (secondary N) is 1. The minimum atomic E-state index is 0.120. The van der Waals surface area contributed by atoms with Gasteiger partial charge in [-0.05, 0) is 58.8 Å². The first kappa shape index (κ1) is 12.2. The molecule has 94 valence electrons. The van der Waals surface area contributed by atoms with Gasteiger partial charge in [0.1, 0.15) is 0 Å². The predicted molar refractivity (Wildman–Crippen MR) is 76.6 cm³/mol. The number of amides is 1. The summed E-state index contributed by atoms with van der Waals surface area (Å²) in [6.45, 7) is 0. The molecular weight excluding hydrogens is 314 g/mol. The topological polar surface area (TPSA) is 29.1 Å². The van der Waals surface area contributed by atoms with Gasteiger partial charge in [-0.2, -0.15) is 0 Å². The fourth-order valence-corrected chi connectivity index (χ4v) is 3.68. The molecule has 4 heteroatoms. The Morgan fingerprint density at radius 2 is 2.17 bits per heavy atom. The van der Waals surface area contributed by atoms with Crippen molar-refractivity contribution >= 4 is 39.1 Å². The molecule has 1 fully saturated rings. The number of rotatable bonds is 2. The molecule has 0 heterocycles. The number of halogens is 2. The van der Waals surface area contributed by atoms with Crippen LogP contribution in [-0.4, -0.2) is 5.91 Å². The van der Waals surface area contributed by atoms with Crippen LogP contribution >= 0.6 is 27.5 Å². The van der Waals surface area contributed by atoms with Crippen molar-refractivity contribution < 1.29 is 4.79 Å². The first-order chi connectivity index (χ1) is 8.63. The lowest BCUT2D eigenvalue weighted by Crippen LogP contribution is -2.26. The molecule has 0 aliphatic heterocycles. The molecule has 0 aromatic heterocycles. The van der Waals surface area contributed by atoms with Crippen LogP contribution in [0.15, 0.2) is 34.8 Å². The van der Waals surface area contributed by atoms with E-state index in [2.05, 4.69) is 33.4 Å². The maximum atomic E-state index is 12.2. The predicted octanol–water partition coefficient (Wildman–Crippen LogP) is 4.25. The maximum absolute atomic E-state index is 12.2. The molecule has 3 rings (SSSR count). The van der Waals surface area contributed by atoms with Gasteiger partial charge in [-0.3, -0.25) is 4.79 Å². The maximum Gasteiger partial charge on any atom is 0.228 e. The SMILES string of the molecule is O=C(Nc1ccc(Cl)cc1Br)C1CC2C=CC1C2. The molecule has 2 nitrogen and oxygen atoms in total. The minimum Gasteiger partial charge on any atom is -0.325 e. The Morgan fingerprint density at radius 1 is 1.33 bits per heavy atom. The average molecular weight is 327 g/mol. The Bertz CT molecular complexity index is 529. The Labute approximate surface area is 120 Å². The van der Waals surface area contributed by atoms with Gasteiger partial charge in [-0.25, -0.2) is 0 Å². The van der Waals surface area contributed by atoms with E-state index < -0.39 is 0 Å². The molecule has 0 radical (unpaired) electrons. The van der Waals surface area contributed by atoms with Crippen molar-refractivity contribution in [3.05, 3.63) is 39.8 Å². The number of fused-ring (bicyclic) bond motifs is 2. The quantitative estimate of drug-likeness (QED) is 0.809. The summed E-state index contributed by atoms with van der Waals surface area (Å²) in [5.41, 5.74) is 0.788. The highest BCUT2D eigenvalue weighted by molar-refractivity contribution is 9.10. The van der Waals surface area contributed by atoms with E-state index in [4.69, 9.17) is 11.6 Å². The first-order valence-electron chi connectivity index (χ1n) is 6.08. The zero-order valence-electron chi connectivity index (χ0n) is 9.70. The molecular formula is C14H13BrClNO. The number of carbonyl (C=O) groups is 1. The van der Waals surface area contributed by atoms with Crippen LogP contribution in [0.4, 0.5) is 5.69 Å². The van der Waals surface area contributed by atoms with Crippen LogP contribution in [0.25, 0.3) is 0 Å². The Kier molecular flexibility index (Phi) is 3.20. The van der Waals surface area contributed by atoms with E-state index in [9.17, 15) is 4.79 Å². The third-order valence-electron chi connectivity index (χ3n) is 3.80. The number of anilines is 1. The monoisotopic (exact) mass is 325 g/mol. The summed E-state index contributed by atoms with van der Waals surface area (Å²) >= 11 is 9.29. The van der Waals surface area contributed by atoms with Crippen LogP contribution in [0.1, 0.15) is 12.8 Å². The van der Waals surface area contributed by atoms with Gasteiger partial charge in [0.2, 0.25) is 5.91 Å². The molecule has 18 heavy (non-hydrogen) atoms. The molecule has 3 unspecified atom stereocenters. The van der Waals surface area contributed by atoms with Crippen molar-refractivity contribution in [2.24, 2.45) is 17.8 Å². The molecule has 2 aliphatic rings. The summed E-state index contributed by atoms with van der Waals surface area (Å²) in [4.78, 5) is 12.2. The fraction of sp³-hybridized carbons (Fsp3) is 0.357. The fourth-order valence-electron chi connectivity index (χ4n) is 2.90. The van der Waals surface area contributed by atoms with E-state index in [0.717, 1.165) is 23.0 Å². The van der Waals surface area contributed by atoms with Crippen LogP contribution in [0, 0.1) is 17.8 Å². The third-order valence-corrected chi connectivity index (χ3v) is 4.70. The lowest BCUT2D eigenvalue weighted by Gasteiger charge is -2.18. The van der Waals surface area contributed by atoms with Crippen molar-refractivity contribution in [1.82, 2.24) is 0 Å². The number of hydrogen-bond donors (Lipinski definition) is 1. The smallest absolute Gasteiger partial charge is 0.228 e. The Hall–Kier alpha value is -0.800. The van der Waals surface area contributed by atoms with E-state index in [0.29, 0.717) is 16.9 Å². The number of carbonyl (C=O) groups excluding carboxylic acids is 1. The summed E-state index contributed by atoms with van der Waals surface area (Å²) in [5.74, 6) is 1.29. The number of allylic oxidation sites excluding steroid dienone is 2. The van der Waals surface area contributed by atoms with Crippen molar-refractivity contribution in [2.45, 2.75) is 12.8 Å². The van der Waals surface area contributed by atoms with Gasteiger partial charge in [0.15, 0.2) is 0 Å². The van der Waals surface area contributed by atoms with Crippen LogP contribution in [0.2, 0.25) is 5.02 Å². The van der Waals surface area contributed by atoms with Gasteiger partial charge in [-0.15, -0.1) is 0 Å². The minimum absolute atomic E-state index is 0.120. The van der Waals surface area contributed by atoms with Gasteiger partial charge in [0.25, 0.3) is 0 Å². The van der Waals surface area contributed by atoms with E-state index >= 15 is 0 Å². The molecule has 1 aromatic carbocycles. The van der Waals surface area contributed by atoms with Crippen molar-refractivity contribution in [3.8, 4) is 0 Å². The van der Waals surface area contributed by atoms with Crippen LogP contribution in [-0.2, 0) is 4.79 Å². The Morgan fingerprint density at radius 3 is 2.78 bits per heavy atom. The molecule has 0 saturated heterocycles. The summed E-state index contributed by atoms with van der Waals surface area (Å²) < 4.78 is 0.821. The summed E-state index contributed by atoms with van der Waals surface area (Å²) in [6.07, 6.45) is 6.56. The second-order valence-corrected chi connectivity index (χ2v) is 6.29. The molecule has 2 bridgehead atoms. The van der Waals surface area contributed by atoms with Gasteiger partial charge in [0.05, 0.1) is 5.69 Å². The van der Waals surface area contributed by atoms with E-state index in [1.54, 1.807) is 12.1 Å². The Balaban J connectivity index is 1.73. The van der Waals surface area contributed by atoms with Crippen LogP contribution in [0.5, 0.6) is 0 Å². The van der Waals surface area contributed by atoms with E-state index in [1.807, 2.05) is 6.07 Å². The van der Waals surface area contributed by atoms with Gasteiger partial charge in [-0.1, -0.05) is 23.8 Å². The van der Waals surface area contributed by atoms with Crippen LogP contribution in [0.3, 0.4) is 0 Å². The van der Waals surface area contributed by atoms with Crippen molar-refractivity contribution in [2.75, 3.05) is 5.32 Å². The molecule has 1 aromatic rings. The molecule has 1 amide bonds. The zero-order valence-corrected chi connectivity index (χ0v) is 12.0. The number of hydrogen-bond acceptors (Lipinski definition) is 1. The summed E-state index contributed by atoms with van der Waals surface area (Å²) in [6, 6.07) is 5.40. The average Bonchev–Trinajstić information content (AvgIpc) is 2.94. The van der Waals surface area contributed by atoms with E-state index in [-0.39, 0.29) is 11.8 Å². The summed E-state index contributed by atoms with van der Waals surface area (Å²) in [7, 11) is 0. The highest BCUT2D eigenvalue weighted by Crippen LogP contribution is 2.44. The van der Waals surface area contributed by atoms with Gasteiger partial charge >= 0.3 is 0 Å². The van der Waals surface area contributed by atoms with Gasteiger partial charge in [0, 0.05) is 15.4 Å². The number of benzene rings is 1. The highest BCUT2D eigenvalue weighted by Gasteiger charge is 2.39. The largest absolute Gasteiger partial charge is 0.325 e. The first-order valence-corrected chi connectivity index (χ1v) is 7.25. The van der Waals surface area contributed by atoms with E-state index in [1.165, 1.54) is 0 Å².